The van der Waals surface area contributed by atoms with Gasteiger partial charge in [-0.2, -0.15) is 0 Å². The summed E-state index contributed by atoms with van der Waals surface area (Å²) >= 11 is 8.32. The molecule has 1 N–H and O–H groups in total. The minimum Gasteiger partial charge on any atom is -0.477 e. The molecule has 0 aliphatic rings. The molecule has 0 bridgehead atoms. The van der Waals surface area contributed by atoms with Crippen molar-refractivity contribution in [3.05, 3.63) is 87.8 Å². The number of aromatic carboxylic acids is 1. The van der Waals surface area contributed by atoms with E-state index in [4.69, 9.17) is 11.6 Å². The first-order valence-electron chi connectivity index (χ1n) is 9.45. The van der Waals surface area contributed by atoms with E-state index in [9.17, 15) is 9.90 Å². The van der Waals surface area contributed by atoms with Crippen LogP contribution in [0.15, 0.2) is 59.5 Å². The van der Waals surface area contributed by atoms with Gasteiger partial charge in [-0.05, 0) is 48.7 Å². The fourth-order valence-corrected chi connectivity index (χ4v) is 4.50. The van der Waals surface area contributed by atoms with E-state index in [2.05, 4.69) is 28.2 Å². The maximum Gasteiger partial charge on any atom is 0.354 e. The smallest absolute Gasteiger partial charge is 0.354 e. The van der Waals surface area contributed by atoms with Gasteiger partial charge < -0.3 is 9.67 Å². The molecule has 4 aromatic rings. The Morgan fingerprint density at radius 1 is 1.10 bits per heavy atom. The van der Waals surface area contributed by atoms with Crippen molar-refractivity contribution >= 4 is 40.5 Å². The molecule has 2 aromatic heterocycles. The fraction of sp³-hybridized carbons (Fsp3) is 0.174. The summed E-state index contributed by atoms with van der Waals surface area (Å²) in [5, 5.41) is 10.0. The lowest BCUT2D eigenvalue weighted by molar-refractivity contribution is 0.0690. The van der Waals surface area contributed by atoms with Crippen LogP contribution in [-0.2, 0) is 12.3 Å². The van der Waals surface area contributed by atoms with Crippen LogP contribution in [0.25, 0.3) is 11.2 Å². The SMILES string of the molecule is Cc1cc(C(=O)O)nc2c1nc(C)n2Cc1ccc(SCc2ccccc2)cc1Cl. The van der Waals surface area contributed by atoms with E-state index >= 15 is 0 Å². The molecule has 30 heavy (non-hydrogen) atoms. The van der Waals surface area contributed by atoms with E-state index in [1.165, 1.54) is 5.56 Å². The van der Waals surface area contributed by atoms with Crippen LogP contribution in [0.2, 0.25) is 5.02 Å². The number of benzene rings is 2. The van der Waals surface area contributed by atoms with E-state index in [0.29, 0.717) is 22.7 Å². The Hall–Kier alpha value is -2.83. The average molecular weight is 438 g/mol. The minimum absolute atomic E-state index is 0.0138. The molecule has 0 atom stereocenters. The lowest BCUT2D eigenvalue weighted by atomic mass is 10.2. The molecular weight excluding hydrogens is 418 g/mol. The number of imidazole rings is 1. The molecule has 0 fully saturated rings. The van der Waals surface area contributed by atoms with Crippen LogP contribution in [0.5, 0.6) is 0 Å². The number of thioether (sulfide) groups is 1. The molecule has 0 spiro atoms. The van der Waals surface area contributed by atoms with Crippen LogP contribution in [0.1, 0.15) is 33.0 Å². The highest BCUT2D eigenvalue weighted by Crippen LogP contribution is 2.29. The topological polar surface area (TPSA) is 68.0 Å². The molecule has 7 heteroatoms. The van der Waals surface area contributed by atoms with Crippen molar-refractivity contribution < 1.29 is 9.90 Å². The maximum absolute atomic E-state index is 11.4. The zero-order chi connectivity index (χ0) is 21.3. The second kappa shape index (κ2) is 8.50. The third-order valence-electron chi connectivity index (χ3n) is 4.91. The van der Waals surface area contributed by atoms with Gasteiger partial charge in [-0.15, -0.1) is 11.8 Å². The third kappa shape index (κ3) is 4.20. The second-order valence-electron chi connectivity index (χ2n) is 7.07. The number of pyridine rings is 1. The van der Waals surface area contributed by atoms with Crippen molar-refractivity contribution in [3.63, 3.8) is 0 Å². The third-order valence-corrected chi connectivity index (χ3v) is 6.32. The van der Waals surface area contributed by atoms with Crippen molar-refractivity contribution in [1.82, 2.24) is 14.5 Å². The molecule has 2 heterocycles. The average Bonchev–Trinajstić information content (AvgIpc) is 3.05. The number of fused-ring (bicyclic) bond motifs is 1. The summed E-state index contributed by atoms with van der Waals surface area (Å²) in [5.41, 5.74) is 4.27. The Bertz CT molecular complexity index is 1240. The molecule has 0 aliphatic carbocycles. The minimum atomic E-state index is -1.05. The van der Waals surface area contributed by atoms with Gasteiger partial charge in [0.1, 0.15) is 11.3 Å². The number of carboxylic acid groups (broad SMARTS) is 1. The van der Waals surface area contributed by atoms with Crippen molar-refractivity contribution in [2.24, 2.45) is 0 Å². The number of halogens is 1. The van der Waals surface area contributed by atoms with Gasteiger partial charge in [-0.3, -0.25) is 0 Å². The molecular formula is C23H20ClN3O2S. The second-order valence-corrected chi connectivity index (χ2v) is 8.53. The molecule has 0 unspecified atom stereocenters. The lowest BCUT2D eigenvalue weighted by Gasteiger charge is -2.10. The van der Waals surface area contributed by atoms with E-state index in [1.54, 1.807) is 17.8 Å². The fourth-order valence-electron chi connectivity index (χ4n) is 3.31. The van der Waals surface area contributed by atoms with Gasteiger partial charge in [0.05, 0.1) is 6.54 Å². The Balaban J connectivity index is 1.60. The van der Waals surface area contributed by atoms with Crippen LogP contribution < -0.4 is 0 Å². The molecule has 152 valence electrons. The molecule has 0 saturated heterocycles. The van der Waals surface area contributed by atoms with Crippen molar-refractivity contribution in [3.8, 4) is 0 Å². The number of carboxylic acids is 1. The first kappa shape index (κ1) is 20.4. The number of aromatic nitrogens is 3. The van der Waals surface area contributed by atoms with Gasteiger partial charge in [0, 0.05) is 15.7 Å². The van der Waals surface area contributed by atoms with Gasteiger partial charge in [0.2, 0.25) is 0 Å². The van der Waals surface area contributed by atoms with E-state index < -0.39 is 5.97 Å². The van der Waals surface area contributed by atoms with E-state index in [-0.39, 0.29) is 5.69 Å². The van der Waals surface area contributed by atoms with Crippen LogP contribution in [0.3, 0.4) is 0 Å². The number of carbonyl (C=O) groups is 1. The Kier molecular flexibility index (Phi) is 5.79. The highest BCUT2D eigenvalue weighted by molar-refractivity contribution is 7.98. The predicted octanol–water partition coefficient (Wildman–Crippen LogP) is 5.74. The number of hydrogen-bond acceptors (Lipinski definition) is 4. The summed E-state index contributed by atoms with van der Waals surface area (Å²) < 4.78 is 1.91. The van der Waals surface area contributed by atoms with Crippen LogP contribution in [0.4, 0.5) is 0 Å². The van der Waals surface area contributed by atoms with Gasteiger partial charge in [-0.1, -0.05) is 48.0 Å². The molecule has 2 aromatic carbocycles. The summed E-state index contributed by atoms with van der Waals surface area (Å²) in [4.78, 5) is 21.4. The normalized spacial score (nSPS) is 11.2. The predicted molar refractivity (Wildman–Crippen MR) is 121 cm³/mol. The van der Waals surface area contributed by atoms with Crippen LogP contribution in [0, 0.1) is 13.8 Å². The highest BCUT2D eigenvalue weighted by Gasteiger charge is 2.16. The Labute approximate surface area is 183 Å². The number of aryl methyl sites for hydroxylation is 2. The van der Waals surface area contributed by atoms with Crippen LogP contribution >= 0.6 is 23.4 Å². The largest absolute Gasteiger partial charge is 0.477 e. The summed E-state index contributed by atoms with van der Waals surface area (Å²) in [6.45, 7) is 4.21. The van der Waals surface area contributed by atoms with Gasteiger partial charge in [-0.25, -0.2) is 14.8 Å². The van der Waals surface area contributed by atoms with Crippen molar-refractivity contribution in [1.29, 1.82) is 0 Å². The van der Waals surface area contributed by atoms with Crippen LogP contribution in [-0.4, -0.2) is 25.6 Å². The van der Waals surface area contributed by atoms with Gasteiger partial charge >= 0.3 is 5.97 Å². The standard InChI is InChI=1S/C23H20ClN3O2S/c1-14-10-20(23(28)29)26-22-21(14)25-15(2)27(22)12-17-8-9-18(11-19(17)24)30-13-16-6-4-3-5-7-16/h3-11H,12-13H2,1-2H3,(H,28,29). The summed E-state index contributed by atoms with van der Waals surface area (Å²) in [7, 11) is 0. The zero-order valence-electron chi connectivity index (χ0n) is 16.6. The Morgan fingerprint density at radius 3 is 2.57 bits per heavy atom. The first-order valence-corrected chi connectivity index (χ1v) is 10.8. The summed E-state index contributed by atoms with van der Waals surface area (Å²) in [5.74, 6) is 0.591. The maximum atomic E-state index is 11.4. The lowest BCUT2D eigenvalue weighted by Crippen LogP contribution is -2.07. The molecule has 5 nitrogen and oxygen atoms in total. The van der Waals surface area contributed by atoms with Crippen molar-refractivity contribution in [2.45, 2.75) is 31.0 Å². The summed E-state index contributed by atoms with van der Waals surface area (Å²) in [6, 6.07) is 17.9. The summed E-state index contributed by atoms with van der Waals surface area (Å²) in [6.07, 6.45) is 0. The van der Waals surface area contributed by atoms with Crippen molar-refractivity contribution in [2.75, 3.05) is 0 Å². The molecule has 0 radical (unpaired) electrons. The highest BCUT2D eigenvalue weighted by atomic mass is 35.5. The van der Waals surface area contributed by atoms with Gasteiger partial charge in [0.15, 0.2) is 11.3 Å². The Morgan fingerprint density at radius 2 is 1.87 bits per heavy atom. The monoisotopic (exact) mass is 437 g/mol. The van der Waals surface area contributed by atoms with E-state index in [0.717, 1.165) is 27.6 Å². The number of hydrogen-bond donors (Lipinski definition) is 1. The quantitative estimate of drug-likeness (QED) is 0.389. The number of nitrogens with zero attached hydrogens (tertiary/aromatic N) is 3. The molecule has 0 aliphatic heterocycles. The molecule has 0 amide bonds. The molecule has 0 saturated carbocycles. The zero-order valence-corrected chi connectivity index (χ0v) is 18.2. The number of rotatable bonds is 6. The van der Waals surface area contributed by atoms with E-state index in [1.807, 2.05) is 48.7 Å². The van der Waals surface area contributed by atoms with Gasteiger partial charge in [0.25, 0.3) is 0 Å². The molecule has 4 rings (SSSR count). The first-order chi connectivity index (χ1) is 14.4.